The Morgan fingerprint density at radius 1 is 1.45 bits per heavy atom. The molecular weight excluding hydrogens is 294 g/mol. The lowest BCUT2D eigenvalue weighted by atomic mass is 10.0. The number of pyridine rings is 1. The van der Waals surface area contributed by atoms with Crippen LogP contribution in [0.5, 0.6) is 0 Å². The van der Waals surface area contributed by atoms with Crippen LogP contribution in [0, 0.1) is 5.92 Å². The SMILES string of the molecule is NC(=S)C1CCCN(S(=O)(=O)CCc2ccncc2)C1. The van der Waals surface area contributed by atoms with Crippen LogP contribution in [0.3, 0.4) is 0 Å². The monoisotopic (exact) mass is 313 g/mol. The summed E-state index contributed by atoms with van der Waals surface area (Å²) in [6, 6.07) is 3.67. The van der Waals surface area contributed by atoms with Crippen LogP contribution >= 0.6 is 12.2 Å². The first kappa shape index (κ1) is 15.3. The molecule has 1 aromatic heterocycles. The van der Waals surface area contributed by atoms with Crippen molar-refractivity contribution in [2.24, 2.45) is 11.7 Å². The molecule has 1 saturated heterocycles. The predicted octanol–water partition coefficient (Wildman–Crippen LogP) is 0.952. The number of aryl methyl sites for hydroxylation is 1. The Bertz CT molecular complexity index is 560. The number of thiocarbonyl (C=S) groups is 1. The van der Waals surface area contributed by atoms with E-state index >= 15 is 0 Å². The van der Waals surface area contributed by atoms with Gasteiger partial charge in [-0.15, -0.1) is 0 Å². The summed E-state index contributed by atoms with van der Waals surface area (Å²) < 4.78 is 26.2. The molecule has 2 rings (SSSR count). The Morgan fingerprint density at radius 2 is 2.15 bits per heavy atom. The zero-order valence-electron chi connectivity index (χ0n) is 11.2. The van der Waals surface area contributed by atoms with Crippen LogP contribution in [0.1, 0.15) is 18.4 Å². The number of aromatic nitrogens is 1. The molecule has 1 aromatic rings. The fourth-order valence-electron chi connectivity index (χ4n) is 2.35. The van der Waals surface area contributed by atoms with Gasteiger partial charge in [-0.1, -0.05) is 12.2 Å². The highest BCUT2D eigenvalue weighted by molar-refractivity contribution is 7.89. The zero-order valence-corrected chi connectivity index (χ0v) is 12.9. The van der Waals surface area contributed by atoms with E-state index in [0.29, 0.717) is 24.5 Å². The van der Waals surface area contributed by atoms with E-state index < -0.39 is 10.0 Å². The molecule has 1 atom stereocenters. The summed E-state index contributed by atoms with van der Waals surface area (Å²) in [7, 11) is -3.25. The van der Waals surface area contributed by atoms with Gasteiger partial charge in [-0.2, -0.15) is 0 Å². The van der Waals surface area contributed by atoms with E-state index in [2.05, 4.69) is 4.98 Å². The normalized spacial score (nSPS) is 20.7. The van der Waals surface area contributed by atoms with Gasteiger partial charge in [-0.05, 0) is 37.0 Å². The summed E-state index contributed by atoms with van der Waals surface area (Å²) in [4.78, 5) is 4.34. The molecule has 1 unspecified atom stereocenters. The summed E-state index contributed by atoms with van der Waals surface area (Å²) in [6.07, 6.45) is 5.54. The second kappa shape index (κ2) is 6.60. The standard InChI is InChI=1S/C13H19N3O2S2/c14-13(19)12-2-1-8-16(10-12)20(17,18)9-5-11-3-6-15-7-4-11/h3-4,6-7,12H,1-2,5,8-10H2,(H2,14,19). The minimum Gasteiger partial charge on any atom is -0.393 e. The van der Waals surface area contributed by atoms with Gasteiger partial charge in [0.15, 0.2) is 0 Å². The lowest BCUT2D eigenvalue weighted by Gasteiger charge is -2.31. The van der Waals surface area contributed by atoms with Crippen LogP contribution in [0.2, 0.25) is 0 Å². The highest BCUT2D eigenvalue weighted by Crippen LogP contribution is 2.20. The maximum absolute atomic E-state index is 12.4. The van der Waals surface area contributed by atoms with Gasteiger partial charge in [0, 0.05) is 31.4 Å². The molecule has 0 saturated carbocycles. The highest BCUT2D eigenvalue weighted by Gasteiger charge is 2.29. The van der Waals surface area contributed by atoms with Crippen molar-refractivity contribution in [3.05, 3.63) is 30.1 Å². The molecule has 110 valence electrons. The molecule has 1 aliphatic heterocycles. The maximum atomic E-state index is 12.4. The minimum absolute atomic E-state index is 0.00875. The van der Waals surface area contributed by atoms with E-state index in [4.69, 9.17) is 18.0 Å². The molecule has 0 amide bonds. The number of hydrogen-bond acceptors (Lipinski definition) is 4. The molecule has 0 aromatic carbocycles. The second-order valence-electron chi connectivity index (χ2n) is 5.02. The van der Waals surface area contributed by atoms with Crippen molar-refractivity contribution in [3.63, 3.8) is 0 Å². The molecule has 0 bridgehead atoms. The Morgan fingerprint density at radius 3 is 2.80 bits per heavy atom. The largest absolute Gasteiger partial charge is 0.393 e. The van der Waals surface area contributed by atoms with Crippen molar-refractivity contribution in [3.8, 4) is 0 Å². The van der Waals surface area contributed by atoms with Crippen LogP contribution in [-0.4, -0.2) is 41.5 Å². The van der Waals surface area contributed by atoms with Gasteiger partial charge in [0.1, 0.15) is 0 Å². The summed E-state index contributed by atoms with van der Waals surface area (Å²) in [5.74, 6) is 0.121. The molecule has 7 heteroatoms. The molecule has 2 heterocycles. The Balaban J connectivity index is 1.97. The van der Waals surface area contributed by atoms with Gasteiger partial charge in [-0.3, -0.25) is 4.98 Å². The summed E-state index contributed by atoms with van der Waals surface area (Å²) >= 11 is 4.98. The lowest BCUT2D eigenvalue weighted by molar-refractivity contribution is 0.312. The van der Waals surface area contributed by atoms with Crippen LogP contribution in [0.15, 0.2) is 24.5 Å². The number of nitrogens with two attached hydrogens (primary N) is 1. The van der Waals surface area contributed by atoms with E-state index in [0.717, 1.165) is 18.4 Å². The van der Waals surface area contributed by atoms with Gasteiger partial charge in [0.2, 0.25) is 10.0 Å². The van der Waals surface area contributed by atoms with E-state index in [9.17, 15) is 8.42 Å². The number of hydrogen-bond donors (Lipinski definition) is 1. The molecule has 20 heavy (non-hydrogen) atoms. The molecule has 1 fully saturated rings. The van der Waals surface area contributed by atoms with Crippen molar-refractivity contribution in [1.29, 1.82) is 0 Å². The molecule has 0 aliphatic carbocycles. The third-order valence-corrected chi connectivity index (χ3v) is 5.75. The highest BCUT2D eigenvalue weighted by atomic mass is 32.2. The molecule has 5 nitrogen and oxygen atoms in total. The molecule has 0 radical (unpaired) electrons. The van der Waals surface area contributed by atoms with Crippen LogP contribution < -0.4 is 5.73 Å². The molecule has 1 aliphatic rings. The van der Waals surface area contributed by atoms with E-state index in [1.54, 1.807) is 12.4 Å². The fraction of sp³-hybridized carbons (Fsp3) is 0.538. The van der Waals surface area contributed by atoms with Crippen LogP contribution in [0.4, 0.5) is 0 Å². The first-order valence-corrected chi connectivity index (χ1v) is 8.67. The smallest absolute Gasteiger partial charge is 0.214 e. The summed E-state index contributed by atoms with van der Waals surface area (Å²) in [6.45, 7) is 0.992. The Kier molecular flexibility index (Phi) is 5.06. The Labute approximate surface area is 125 Å². The fourth-order valence-corrected chi connectivity index (χ4v) is 4.11. The van der Waals surface area contributed by atoms with Gasteiger partial charge in [-0.25, -0.2) is 12.7 Å². The van der Waals surface area contributed by atoms with E-state index in [1.807, 2.05) is 12.1 Å². The van der Waals surface area contributed by atoms with Gasteiger partial charge >= 0.3 is 0 Å². The number of piperidine rings is 1. The van der Waals surface area contributed by atoms with Gasteiger partial charge in [0.05, 0.1) is 10.7 Å². The van der Waals surface area contributed by atoms with E-state index in [1.165, 1.54) is 4.31 Å². The zero-order chi connectivity index (χ0) is 14.6. The summed E-state index contributed by atoms with van der Waals surface area (Å²) in [5.41, 5.74) is 6.62. The maximum Gasteiger partial charge on any atom is 0.214 e. The first-order valence-electron chi connectivity index (χ1n) is 6.65. The van der Waals surface area contributed by atoms with Crippen molar-refractivity contribution in [2.45, 2.75) is 19.3 Å². The van der Waals surface area contributed by atoms with Gasteiger partial charge < -0.3 is 5.73 Å². The second-order valence-corrected chi connectivity index (χ2v) is 7.58. The number of sulfonamides is 1. The number of rotatable bonds is 5. The molecule has 0 spiro atoms. The summed E-state index contributed by atoms with van der Waals surface area (Å²) in [5, 5.41) is 0. The van der Waals surface area contributed by atoms with Crippen molar-refractivity contribution < 1.29 is 8.42 Å². The molecule has 2 N–H and O–H groups in total. The van der Waals surface area contributed by atoms with Crippen LogP contribution in [-0.2, 0) is 16.4 Å². The average molecular weight is 313 g/mol. The first-order chi connectivity index (χ1) is 9.49. The minimum atomic E-state index is -3.25. The van der Waals surface area contributed by atoms with E-state index in [-0.39, 0.29) is 11.7 Å². The average Bonchev–Trinajstić information content (AvgIpc) is 2.46. The van der Waals surface area contributed by atoms with Crippen molar-refractivity contribution in [2.75, 3.05) is 18.8 Å². The predicted molar refractivity (Wildman–Crippen MR) is 82.8 cm³/mol. The third-order valence-electron chi connectivity index (χ3n) is 3.58. The van der Waals surface area contributed by atoms with Crippen molar-refractivity contribution in [1.82, 2.24) is 9.29 Å². The third kappa shape index (κ3) is 3.97. The topological polar surface area (TPSA) is 76.3 Å². The molecular formula is C13H19N3O2S2. The van der Waals surface area contributed by atoms with Crippen LogP contribution in [0.25, 0.3) is 0 Å². The quantitative estimate of drug-likeness (QED) is 0.819. The lowest BCUT2D eigenvalue weighted by Crippen LogP contribution is -2.44. The Hall–Kier alpha value is -1.05. The van der Waals surface area contributed by atoms with Gasteiger partial charge in [0.25, 0.3) is 0 Å². The number of nitrogens with zero attached hydrogens (tertiary/aromatic N) is 2. The van der Waals surface area contributed by atoms with Crippen molar-refractivity contribution >= 4 is 27.2 Å².